The van der Waals surface area contributed by atoms with Gasteiger partial charge in [0.05, 0.1) is 12.3 Å². The van der Waals surface area contributed by atoms with Crippen LogP contribution in [-0.2, 0) is 30.3 Å². The standard InChI is InChI=1S/C24H30N4O5/c1-14(2)33-24(32)20(10-9-17(29)12-25)27-23(31)21(28-22(30)15-7-8-15)11-16-13-26-19-6-4-3-5-18(16)19/h3-6,12-15,20-21,25-26H,7-11H2,1-2H3,(H,27,31)(H,28,30)/t20-,21-/m0/s1. The summed E-state index contributed by atoms with van der Waals surface area (Å²) in [6, 6.07) is 5.70. The van der Waals surface area contributed by atoms with Crippen LogP contribution in [0.4, 0.5) is 0 Å². The number of fused-ring (bicyclic) bond motifs is 1. The zero-order valence-electron chi connectivity index (χ0n) is 18.9. The third-order valence-corrected chi connectivity index (χ3v) is 5.47. The Balaban J connectivity index is 1.78. The number of Topliss-reactive ketones (excluding diaryl/α,β-unsaturated/α-hetero) is 1. The molecule has 0 bridgehead atoms. The van der Waals surface area contributed by atoms with E-state index in [0.29, 0.717) is 6.21 Å². The summed E-state index contributed by atoms with van der Waals surface area (Å²) >= 11 is 0. The third-order valence-electron chi connectivity index (χ3n) is 5.47. The number of ketones is 1. The Morgan fingerprint density at radius 1 is 1.15 bits per heavy atom. The van der Waals surface area contributed by atoms with Crippen LogP contribution in [0.5, 0.6) is 0 Å². The average Bonchev–Trinajstić information content (AvgIpc) is 3.56. The molecule has 0 radical (unpaired) electrons. The van der Waals surface area contributed by atoms with Gasteiger partial charge in [0.2, 0.25) is 11.8 Å². The smallest absolute Gasteiger partial charge is 0.328 e. The van der Waals surface area contributed by atoms with Crippen LogP contribution in [0, 0.1) is 11.3 Å². The number of carbonyl (C=O) groups is 4. The second-order valence-corrected chi connectivity index (χ2v) is 8.60. The van der Waals surface area contributed by atoms with Crippen LogP contribution >= 0.6 is 0 Å². The lowest BCUT2D eigenvalue weighted by atomic mass is 10.0. The van der Waals surface area contributed by atoms with Crippen LogP contribution < -0.4 is 10.6 Å². The van der Waals surface area contributed by atoms with Gasteiger partial charge in [-0.1, -0.05) is 18.2 Å². The van der Waals surface area contributed by atoms with E-state index in [2.05, 4.69) is 15.6 Å². The van der Waals surface area contributed by atoms with Gasteiger partial charge >= 0.3 is 5.97 Å². The molecule has 9 nitrogen and oxygen atoms in total. The molecule has 1 aromatic carbocycles. The number of esters is 1. The molecule has 9 heteroatoms. The minimum Gasteiger partial charge on any atom is -0.461 e. The van der Waals surface area contributed by atoms with Crippen molar-refractivity contribution in [2.45, 2.75) is 64.1 Å². The summed E-state index contributed by atoms with van der Waals surface area (Å²) in [5, 5.41) is 13.5. The van der Waals surface area contributed by atoms with Crippen LogP contribution in [-0.4, -0.2) is 53.0 Å². The van der Waals surface area contributed by atoms with Gasteiger partial charge in [0.1, 0.15) is 12.1 Å². The first kappa shape index (κ1) is 24.2. The predicted molar refractivity (Wildman–Crippen MR) is 123 cm³/mol. The van der Waals surface area contributed by atoms with E-state index in [0.717, 1.165) is 29.3 Å². The summed E-state index contributed by atoms with van der Waals surface area (Å²) < 4.78 is 5.24. The van der Waals surface area contributed by atoms with Gasteiger partial charge in [-0.3, -0.25) is 14.4 Å². The van der Waals surface area contributed by atoms with E-state index >= 15 is 0 Å². The summed E-state index contributed by atoms with van der Waals surface area (Å²) in [5.41, 5.74) is 1.78. The van der Waals surface area contributed by atoms with Crippen molar-refractivity contribution in [2.24, 2.45) is 5.92 Å². The number of para-hydroxylation sites is 1. The normalized spacial score (nSPS) is 15.0. The number of H-pyrrole nitrogens is 1. The van der Waals surface area contributed by atoms with Gasteiger partial charge in [0.25, 0.3) is 0 Å². The molecule has 176 valence electrons. The maximum Gasteiger partial charge on any atom is 0.328 e. The Labute approximate surface area is 192 Å². The number of carbonyl (C=O) groups excluding carboxylic acids is 4. The highest BCUT2D eigenvalue weighted by molar-refractivity contribution is 6.26. The van der Waals surface area contributed by atoms with Gasteiger partial charge in [0.15, 0.2) is 5.78 Å². The number of hydrogen-bond donors (Lipinski definition) is 4. The number of nitrogens with one attached hydrogen (secondary N) is 4. The van der Waals surface area contributed by atoms with Crippen molar-refractivity contribution >= 4 is 40.7 Å². The lowest BCUT2D eigenvalue weighted by Gasteiger charge is -2.23. The molecule has 0 unspecified atom stereocenters. The molecule has 2 aromatic rings. The van der Waals surface area contributed by atoms with E-state index < -0.39 is 35.8 Å². The van der Waals surface area contributed by atoms with E-state index in [-0.39, 0.29) is 31.1 Å². The molecule has 1 aromatic heterocycles. The molecule has 1 aliphatic carbocycles. The van der Waals surface area contributed by atoms with Crippen molar-refractivity contribution in [2.75, 3.05) is 0 Å². The number of benzene rings is 1. The maximum atomic E-state index is 13.2. The van der Waals surface area contributed by atoms with Crippen molar-refractivity contribution < 1.29 is 23.9 Å². The van der Waals surface area contributed by atoms with Crippen LogP contribution in [0.15, 0.2) is 30.5 Å². The minimum atomic E-state index is -1.06. The number of hydrogen-bond acceptors (Lipinski definition) is 6. The molecule has 1 aliphatic rings. The molecule has 2 atom stereocenters. The molecular weight excluding hydrogens is 424 g/mol. The molecule has 0 spiro atoms. The quantitative estimate of drug-likeness (QED) is 0.287. The fourth-order valence-electron chi connectivity index (χ4n) is 3.56. The van der Waals surface area contributed by atoms with E-state index in [9.17, 15) is 19.2 Å². The van der Waals surface area contributed by atoms with E-state index in [1.807, 2.05) is 30.5 Å². The summed E-state index contributed by atoms with van der Waals surface area (Å²) in [5.74, 6) is -1.91. The first-order valence-electron chi connectivity index (χ1n) is 11.2. The van der Waals surface area contributed by atoms with Crippen molar-refractivity contribution in [1.82, 2.24) is 15.6 Å². The second-order valence-electron chi connectivity index (χ2n) is 8.60. The van der Waals surface area contributed by atoms with Gasteiger partial charge in [-0.15, -0.1) is 0 Å². The Bertz CT molecular complexity index is 1040. The number of aromatic amines is 1. The largest absolute Gasteiger partial charge is 0.461 e. The topological polar surface area (TPSA) is 141 Å². The van der Waals surface area contributed by atoms with Crippen LogP contribution in [0.3, 0.4) is 0 Å². The summed E-state index contributed by atoms with van der Waals surface area (Å²) in [6.45, 7) is 3.38. The number of aromatic nitrogens is 1. The summed E-state index contributed by atoms with van der Waals surface area (Å²) in [4.78, 5) is 53.0. The molecule has 3 rings (SSSR count). The second kappa shape index (κ2) is 10.9. The van der Waals surface area contributed by atoms with Gasteiger partial charge in [0, 0.05) is 35.9 Å². The zero-order chi connectivity index (χ0) is 24.0. The third kappa shape index (κ3) is 6.74. The molecule has 1 fully saturated rings. The van der Waals surface area contributed by atoms with Crippen molar-refractivity contribution in [3.05, 3.63) is 36.0 Å². The summed E-state index contributed by atoms with van der Waals surface area (Å²) in [6.07, 6.45) is 3.84. The van der Waals surface area contributed by atoms with Gasteiger partial charge < -0.3 is 25.8 Å². The maximum absolute atomic E-state index is 13.2. The average molecular weight is 455 g/mol. The number of ether oxygens (including phenoxy) is 1. The van der Waals surface area contributed by atoms with Crippen molar-refractivity contribution in [3.8, 4) is 0 Å². The molecule has 1 heterocycles. The molecular formula is C24H30N4O5. The Kier molecular flexibility index (Phi) is 7.97. The van der Waals surface area contributed by atoms with Crippen LogP contribution in [0.2, 0.25) is 0 Å². The van der Waals surface area contributed by atoms with Crippen LogP contribution in [0.1, 0.15) is 45.1 Å². The zero-order valence-corrected chi connectivity index (χ0v) is 18.9. The predicted octanol–water partition coefficient (Wildman–Crippen LogP) is 2.04. The molecule has 4 N–H and O–H groups in total. The highest BCUT2D eigenvalue weighted by atomic mass is 16.5. The van der Waals surface area contributed by atoms with Crippen molar-refractivity contribution in [3.63, 3.8) is 0 Å². The minimum absolute atomic E-state index is 0.00187. The first-order valence-corrected chi connectivity index (χ1v) is 11.2. The lowest BCUT2D eigenvalue weighted by Crippen LogP contribution is -2.53. The summed E-state index contributed by atoms with van der Waals surface area (Å²) in [7, 11) is 0. The van der Waals surface area contributed by atoms with E-state index in [4.69, 9.17) is 10.1 Å². The number of amides is 2. The van der Waals surface area contributed by atoms with E-state index in [1.54, 1.807) is 13.8 Å². The fraction of sp³-hybridized carbons (Fsp3) is 0.458. The van der Waals surface area contributed by atoms with Gasteiger partial charge in [-0.2, -0.15) is 0 Å². The van der Waals surface area contributed by atoms with Gasteiger partial charge in [-0.25, -0.2) is 4.79 Å². The SMILES string of the molecule is CC(C)OC(=O)[C@H](CCC(=O)C=N)NC(=O)[C@H](Cc1c[nH]c2ccccc12)NC(=O)C1CC1. The first-order chi connectivity index (χ1) is 15.8. The lowest BCUT2D eigenvalue weighted by molar-refractivity contribution is -0.151. The van der Waals surface area contributed by atoms with E-state index in [1.165, 1.54) is 0 Å². The highest BCUT2D eigenvalue weighted by Gasteiger charge is 2.34. The molecule has 1 saturated carbocycles. The highest BCUT2D eigenvalue weighted by Crippen LogP contribution is 2.29. The van der Waals surface area contributed by atoms with Crippen LogP contribution in [0.25, 0.3) is 10.9 Å². The molecule has 0 aliphatic heterocycles. The molecule has 0 saturated heterocycles. The monoisotopic (exact) mass is 454 g/mol. The molecule has 2 amide bonds. The van der Waals surface area contributed by atoms with Gasteiger partial charge in [-0.05, 0) is 44.7 Å². The Hall–Kier alpha value is -3.49. The fourth-order valence-corrected chi connectivity index (χ4v) is 3.56. The number of rotatable bonds is 12. The van der Waals surface area contributed by atoms with Crippen molar-refractivity contribution in [1.29, 1.82) is 5.41 Å². The Morgan fingerprint density at radius 3 is 2.55 bits per heavy atom. The molecule has 33 heavy (non-hydrogen) atoms. The Morgan fingerprint density at radius 2 is 1.88 bits per heavy atom.